The molecule has 2 N–H and O–H groups in total. The monoisotopic (exact) mass is 414 g/mol. The van der Waals surface area contributed by atoms with Crippen molar-refractivity contribution in [3.8, 4) is 5.75 Å². The molecule has 4 nitrogen and oxygen atoms in total. The summed E-state index contributed by atoms with van der Waals surface area (Å²) in [5.41, 5.74) is 2.17. The number of nitrogens with one attached hydrogen (secondary N) is 2. The molecule has 3 aromatic carbocycles. The number of anilines is 1. The van der Waals surface area contributed by atoms with Gasteiger partial charge in [0, 0.05) is 5.69 Å². The van der Waals surface area contributed by atoms with Gasteiger partial charge in [0.1, 0.15) is 11.6 Å². The Bertz CT molecular complexity index is 948. The predicted octanol–water partition coefficient (Wildman–Crippen LogP) is 5.13. The molecule has 3 rings (SSSR count). The molecule has 0 aliphatic heterocycles. The fraction of sp³-hybridized carbons (Fsp3) is 0.174. The zero-order valence-electron chi connectivity index (χ0n) is 16.2. The van der Waals surface area contributed by atoms with E-state index < -0.39 is 12.7 Å². The summed E-state index contributed by atoms with van der Waals surface area (Å²) < 4.78 is 42.3. The Morgan fingerprint density at radius 3 is 2.07 bits per heavy atom. The molecule has 0 bridgehead atoms. The molecule has 7 heteroatoms. The van der Waals surface area contributed by atoms with Crippen LogP contribution in [0.1, 0.15) is 24.1 Å². The van der Waals surface area contributed by atoms with E-state index in [1.165, 1.54) is 36.4 Å². The minimum atomic E-state index is -2.89. The van der Waals surface area contributed by atoms with Crippen LogP contribution < -0.4 is 15.4 Å². The fourth-order valence-corrected chi connectivity index (χ4v) is 2.98. The number of halogens is 3. The van der Waals surface area contributed by atoms with Crippen molar-refractivity contribution in [3.05, 3.63) is 95.8 Å². The summed E-state index contributed by atoms with van der Waals surface area (Å²) in [4.78, 5) is 12.6. The van der Waals surface area contributed by atoms with Crippen molar-refractivity contribution in [1.29, 1.82) is 0 Å². The van der Waals surface area contributed by atoms with Gasteiger partial charge in [0.15, 0.2) is 0 Å². The SMILES string of the molecule is C[C@@H](N[C@@H](c1ccccc1)c1ccc(OC(F)F)cc1)C(=O)Nc1ccc(F)cc1. The van der Waals surface area contributed by atoms with Gasteiger partial charge in [-0.2, -0.15) is 8.78 Å². The average Bonchev–Trinajstić information content (AvgIpc) is 2.74. The van der Waals surface area contributed by atoms with Crippen molar-refractivity contribution in [1.82, 2.24) is 5.32 Å². The molecule has 2 atom stereocenters. The molecule has 30 heavy (non-hydrogen) atoms. The van der Waals surface area contributed by atoms with Crippen LogP contribution in [0.15, 0.2) is 78.9 Å². The molecule has 0 aromatic heterocycles. The highest BCUT2D eigenvalue weighted by atomic mass is 19.3. The van der Waals surface area contributed by atoms with Gasteiger partial charge in [0.2, 0.25) is 5.91 Å². The van der Waals surface area contributed by atoms with Gasteiger partial charge in [-0.1, -0.05) is 42.5 Å². The molecule has 0 radical (unpaired) electrons. The molecular weight excluding hydrogens is 393 g/mol. The van der Waals surface area contributed by atoms with Crippen LogP contribution >= 0.6 is 0 Å². The van der Waals surface area contributed by atoms with Gasteiger partial charge in [-0.15, -0.1) is 0 Å². The number of carbonyl (C=O) groups excluding carboxylic acids is 1. The molecule has 0 saturated heterocycles. The van der Waals surface area contributed by atoms with E-state index in [1.54, 1.807) is 19.1 Å². The van der Waals surface area contributed by atoms with Crippen molar-refractivity contribution < 1.29 is 22.7 Å². The number of carbonyl (C=O) groups is 1. The van der Waals surface area contributed by atoms with Crippen LogP contribution in [0.2, 0.25) is 0 Å². The molecular formula is C23H21F3N2O2. The lowest BCUT2D eigenvalue weighted by Crippen LogP contribution is -2.40. The molecule has 0 saturated carbocycles. The van der Waals surface area contributed by atoms with Gasteiger partial charge in [0.25, 0.3) is 0 Å². The molecule has 0 fully saturated rings. The van der Waals surface area contributed by atoms with Crippen LogP contribution in [0, 0.1) is 5.82 Å². The smallest absolute Gasteiger partial charge is 0.387 e. The van der Waals surface area contributed by atoms with Gasteiger partial charge in [-0.05, 0) is 54.4 Å². The molecule has 0 aliphatic rings. The molecule has 0 unspecified atom stereocenters. The van der Waals surface area contributed by atoms with Gasteiger partial charge in [-0.3, -0.25) is 10.1 Å². The standard InChI is InChI=1S/C23H21F3N2O2/c1-15(22(29)28-19-11-9-18(24)10-12-19)27-21(16-5-3-2-4-6-16)17-7-13-20(14-8-17)30-23(25)26/h2-15,21,23,27H,1H3,(H,28,29)/t15-,21+/m1/s1. The Hall–Kier alpha value is -3.32. The Balaban J connectivity index is 1.77. The van der Waals surface area contributed by atoms with Crippen LogP contribution in [0.5, 0.6) is 5.75 Å². The summed E-state index contributed by atoms with van der Waals surface area (Å²) in [5, 5.41) is 6.00. The first-order chi connectivity index (χ1) is 14.4. The zero-order chi connectivity index (χ0) is 21.5. The maximum atomic E-state index is 13.1. The number of hydrogen-bond donors (Lipinski definition) is 2. The van der Waals surface area contributed by atoms with E-state index in [0.29, 0.717) is 5.69 Å². The molecule has 156 valence electrons. The molecule has 0 spiro atoms. The number of amides is 1. The average molecular weight is 414 g/mol. The maximum Gasteiger partial charge on any atom is 0.387 e. The van der Waals surface area contributed by atoms with E-state index in [4.69, 9.17) is 0 Å². The molecule has 0 aliphatic carbocycles. The van der Waals surface area contributed by atoms with Crippen molar-refractivity contribution in [2.75, 3.05) is 5.32 Å². The number of hydrogen-bond acceptors (Lipinski definition) is 3. The van der Waals surface area contributed by atoms with Gasteiger partial charge in [0.05, 0.1) is 12.1 Å². The van der Waals surface area contributed by atoms with E-state index in [-0.39, 0.29) is 23.5 Å². The van der Waals surface area contributed by atoms with Crippen molar-refractivity contribution in [2.24, 2.45) is 0 Å². The third-order valence-electron chi connectivity index (χ3n) is 4.49. The highest BCUT2D eigenvalue weighted by Crippen LogP contribution is 2.25. The topological polar surface area (TPSA) is 50.4 Å². The summed E-state index contributed by atoms with van der Waals surface area (Å²) in [5.74, 6) is -0.620. The van der Waals surface area contributed by atoms with Crippen molar-refractivity contribution in [2.45, 2.75) is 25.6 Å². The largest absolute Gasteiger partial charge is 0.435 e. The van der Waals surface area contributed by atoms with E-state index >= 15 is 0 Å². The second-order valence-corrected chi connectivity index (χ2v) is 6.68. The fourth-order valence-electron chi connectivity index (χ4n) is 2.98. The predicted molar refractivity (Wildman–Crippen MR) is 109 cm³/mol. The quantitative estimate of drug-likeness (QED) is 0.537. The van der Waals surface area contributed by atoms with Crippen molar-refractivity contribution >= 4 is 11.6 Å². The lowest BCUT2D eigenvalue weighted by atomic mass is 9.97. The summed E-state index contributed by atoms with van der Waals surface area (Å²) in [6.07, 6.45) is 0. The second-order valence-electron chi connectivity index (χ2n) is 6.68. The van der Waals surface area contributed by atoms with Crippen LogP contribution in [0.25, 0.3) is 0 Å². The first-order valence-corrected chi connectivity index (χ1v) is 9.34. The van der Waals surface area contributed by atoms with E-state index in [0.717, 1.165) is 11.1 Å². The lowest BCUT2D eigenvalue weighted by molar-refractivity contribution is -0.117. The Morgan fingerprint density at radius 2 is 1.47 bits per heavy atom. The van der Waals surface area contributed by atoms with Crippen molar-refractivity contribution in [3.63, 3.8) is 0 Å². The minimum absolute atomic E-state index is 0.0580. The van der Waals surface area contributed by atoms with Crippen LogP contribution in [-0.4, -0.2) is 18.6 Å². The Kier molecular flexibility index (Phi) is 7.08. The van der Waals surface area contributed by atoms with Crippen LogP contribution in [-0.2, 0) is 4.79 Å². The normalized spacial score (nSPS) is 13.0. The molecule has 0 heterocycles. The number of ether oxygens (including phenoxy) is 1. The third kappa shape index (κ3) is 5.84. The third-order valence-corrected chi connectivity index (χ3v) is 4.49. The lowest BCUT2D eigenvalue weighted by Gasteiger charge is -2.24. The minimum Gasteiger partial charge on any atom is -0.435 e. The first-order valence-electron chi connectivity index (χ1n) is 9.34. The maximum absolute atomic E-state index is 13.1. The zero-order valence-corrected chi connectivity index (χ0v) is 16.2. The number of rotatable bonds is 8. The van der Waals surface area contributed by atoms with Gasteiger partial charge < -0.3 is 10.1 Å². The van der Waals surface area contributed by atoms with Crippen LogP contribution in [0.3, 0.4) is 0 Å². The summed E-state index contributed by atoms with van der Waals surface area (Å²) >= 11 is 0. The Labute approximate surface area is 172 Å². The first kappa shape index (κ1) is 21.4. The highest BCUT2D eigenvalue weighted by Gasteiger charge is 2.21. The van der Waals surface area contributed by atoms with Crippen LogP contribution in [0.4, 0.5) is 18.9 Å². The van der Waals surface area contributed by atoms with Gasteiger partial charge >= 0.3 is 6.61 Å². The van der Waals surface area contributed by atoms with E-state index in [1.807, 2.05) is 30.3 Å². The number of alkyl halides is 2. The van der Waals surface area contributed by atoms with E-state index in [2.05, 4.69) is 15.4 Å². The Morgan fingerprint density at radius 1 is 0.867 bits per heavy atom. The van der Waals surface area contributed by atoms with E-state index in [9.17, 15) is 18.0 Å². The number of benzene rings is 3. The molecule has 1 amide bonds. The summed E-state index contributed by atoms with van der Waals surface area (Å²) in [6, 6.07) is 20.3. The molecule has 3 aromatic rings. The summed E-state index contributed by atoms with van der Waals surface area (Å²) in [7, 11) is 0. The van der Waals surface area contributed by atoms with Gasteiger partial charge in [-0.25, -0.2) is 4.39 Å². The second kappa shape index (κ2) is 9.93. The highest BCUT2D eigenvalue weighted by molar-refractivity contribution is 5.94. The summed E-state index contributed by atoms with van der Waals surface area (Å²) in [6.45, 7) is -1.18.